The van der Waals surface area contributed by atoms with Crippen molar-refractivity contribution in [1.29, 1.82) is 0 Å². The fraction of sp³-hybridized carbons (Fsp3) is 0.216. The van der Waals surface area contributed by atoms with Crippen LogP contribution in [0.25, 0.3) is 53.8 Å². The molecule has 0 fully saturated rings. The Kier molecular flexibility index (Phi) is 12.2. The molecule has 0 aliphatic heterocycles. The second kappa shape index (κ2) is 18.1. The smallest absolute Gasteiger partial charge is 0 e. The first-order chi connectivity index (χ1) is 27.8. The Morgan fingerprint density at radius 1 is 0.684 bits per heavy atom. The minimum absolute atomic E-state index is 0. The van der Waals surface area contributed by atoms with Gasteiger partial charge < -0.3 is 4.98 Å². The Labute approximate surface area is 362 Å². The zero-order valence-electron chi connectivity index (χ0n) is 36.7. The Bertz CT molecular complexity index is 2740. The van der Waals surface area contributed by atoms with Crippen molar-refractivity contribution in [1.82, 2.24) is 9.97 Å². The molecule has 3 heterocycles. The molecule has 0 N–H and O–H groups in total. The van der Waals surface area contributed by atoms with Crippen molar-refractivity contribution in [2.75, 3.05) is 0 Å². The Morgan fingerprint density at radius 2 is 1.42 bits per heavy atom. The van der Waals surface area contributed by atoms with E-state index in [1.807, 2.05) is 94.6 Å². The van der Waals surface area contributed by atoms with E-state index >= 15 is 0 Å². The molecule has 8 rings (SSSR count). The molecule has 1 unspecified atom stereocenters. The number of hydrogen-bond acceptors (Lipinski definition) is 3. The van der Waals surface area contributed by atoms with Gasteiger partial charge in [0.25, 0.3) is 0 Å². The molecular formula is C51H49FGeIrN2S-2. The molecule has 0 aliphatic rings. The maximum atomic E-state index is 14.0. The molecule has 3 aromatic heterocycles. The summed E-state index contributed by atoms with van der Waals surface area (Å²) in [5, 5.41) is 2.22. The number of fused-ring (bicyclic) bond motifs is 3. The number of rotatable bonds is 8. The molecule has 1 radical (unpaired) electrons. The van der Waals surface area contributed by atoms with E-state index in [-0.39, 0.29) is 25.9 Å². The summed E-state index contributed by atoms with van der Waals surface area (Å²) in [5.74, 6) is 3.96. The molecule has 0 aliphatic carbocycles. The number of hydrogen-bond donors (Lipinski definition) is 0. The van der Waals surface area contributed by atoms with E-state index in [0.717, 1.165) is 64.8 Å². The number of thiophene rings is 1. The molecule has 6 heteroatoms. The van der Waals surface area contributed by atoms with Crippen LogP contribution < -0.4 is 4.40 Å². The Hall–Kier alpha value is -4.26. The summed E-state index contributed by atoms with van der Waals surface area (Å²) in [6.45, 7) is 9.34. The van der Waals surface area contributed by atoms with Gasteiger partial charge in [0.2, 0.25) is 0 Å². The summed E-state index contributed by atoms with van der Waals surface area (Å²) in [4.78, 5) is 9.20. The zero-order chi connectivity index (χ0) is 42.3. The van der Waals surface area contributed by atoms with Gasteiger partial charge in [-0.25, -0.2) is 4.39 Å². The molecule has 57 heavy (non-hydrogen) atoms. The van der Waals surface area contributed by atoms with Crippen LogP contribution in [0.5, 0.6) is 0 Å². The first kappa shape index (κ1) is 38.3. The number of benzene rings is 5. The average molecular weight is 1010 g/mol. The fourth-order valence-corrected chi connectivity index (χ4v) is 10.4. The fourth-order valence-electron chi connectivity index (χ4n) is 7.02. The molecule has 0 amide bonds. The summed E-state index contributed by atoms with van der Waals surface area (Å²) in [6, 6.07) is 45.2. The third-order valence-corrected chi connectivity index (χ3v) is 15.6. The van der Waals surface area contributed by atoms with Crippen molar-refractivity contribution in [3.63, 3.8) is 0 Å². The first-order valence-electron chi connectivity index (χ1n) is 20.5. The maximum absolute atomic E-state index is 14.0. The van der Waals surface area contributed by atoms with Crippen molar-refractivity contribution in [3.05, 3.63) is 174 Å². The average Bonchev–Trinajstić information content (AvgIpc) is 3.58. The van der Waals surface area contributed by atoms with E-state index in [9.17, 15) is 4.39 Å². The maximum Gasteiger partial charge on any atom is 0 e. The molecule has 291 valence electrons. The van der Waals surface area contributed by atoms with Crippen molar-refractivity contribution in [3.8, 4) is 33.6 Å². The van der Waals surface area contributed by atoms with Crippen molar-refractivity contribution in [2.45, 2.75) is 69.6 Å². The quantitative estimate of drug-likeness (QED) is 0.112. The topological polar surface area (TPSA) is 25.8 Å². The molecule has 1 atom stereocenters. The molecule has 2 nitrogen and oxygen atoms in total. The van der Waals surface area contributed by atoms with E-state index in [4.69, 9.17) is 4.11 Å². The molecule has 0 bridgehead atoms. The van der Waals surface area contributed by atoms with E-state index in [1.54, 1.807) is 36.6 Å². The van der Waals surface area contributed by atoms with Gasteiger partial charge in [0, 0.05) is 41.0 Å². The predicted molar refractivity (Wildman–Crippen MR) is 240 cm³/mol. The minimum atomic E-state index is -1.72. The van der Waals surface area contributed by atoms with Crippen LogP contribution >= 0.6 is 11.3 Å². The van der Waals surface area contributed by atoms with Crippen LogP contribution in [0.15, 0.2) is 134 Å². The second-order valence-electron chi connectivity index (χ2n) is 15.7. The number of pyridine rings is 2. The Balaban J connectivity index is 0.000000298. The SMILES string of the molecule is [2H]C(C)(C)c1cccc(C([2H])(C)C)c1-c1ccc2c(c1)sc1c(-c3cc(C([2H])(C)c4cccc(F)c4)ccn3)[c-]ccc12.[CH3][Ge]([CH3])([CH3])[c]1ccc(-c2[c-]cccc2)nc1.[Ir]. The van der Waals surface area contributed by atoms with Crippen LogP contribution in [-0.4, -0.2) is 23.2 Å². The zero-order valence-corrected chi connectivity index (χ0v) is 39.0. The van der Waals surface area contributed by atoms with Crippen LogP contribution in [0.2, 0.25) is 17.3 Å². The molecule has 8 aromatic rings. The van der Waals surface area contributed by atoms with Gasteiger partial charge in [0.15, 0.2) is 0 Å². The molecule has 0 spiro atoms. The Morgan fingerprint density at radius 3 is 2.07 bits per heavy atom. The van der Waals surface area contributed by atoms with Gasteiger partial charge in [0.05, 0.1) is 0 Å². The second-order valence-corrected chi connectivity index (χ2v) is 27.4. The summed E-state index contributed by atoms with van der Waals surface area (Å²) >= 11 is -0.0470. The normalized spacial score (nSPS) is 13.7. The standard InChI is InChI=1S/C37H33FNS.C14H16GeN.Ir/c1-22(2)29-11-7-12-30(23(3)4)36(29)27-15-16-31-32-13-8-14-33(37(32)40-35(31)21-27)34-20-26(17-18-39-34)24(5)25-9-6-10-28(38)19-25;1-15(2,3)13-9-10-14(16-11-13)12-7-5-4-6-8-12;/h6-13,15-24H,1-5H3;4-7,9-11H,1-3H3;/q2*-1;/i22D,23D,24D;;. The monoisotopic (exact) mass is 1010 g/mol. The molecule has 5 aromatic carbocycles. The summed E-state index contributed by atoms with van der Waals surface area (Å²) in [7, 11) is 0. The number of nitrogens with zero attached hydrogens (tertiary/aromatic N) is 2. The van der Waals surface area contributed by atoms with Gasteiger partial charge in [-0.05, 0) is 85.2 Å². The van der Waals surface area contributed by atoms with Gasteiger partial charge in [-0.1, -0.05) is 88.5 Å². The van der Waals surface area contributed by atoms with E-state index in [0.29, 0.717) is 11.3 Å². The number of aromatic nitrogens is 2. The van der Waals surface area contributed by atoms with Crippen LogP contribution in [-0.2, 0) is 20.1 Å². The van der Waals surface area contributed by atoms with Crippen LogP contribution in [0, 0.1) is 17.9 Å². The third-order valence-electron chi connectivity index (χ3n) is 10.2. The minimum Gasteiger partial charge on any atom is 0 e. The van der Waals surface area contributed by atoms with E-state index < -0.39 is 30.9 Å². The van der Waals surface area contributed by atoms with Crippen molar-refractivity contribution in [2.24, 2.45) is 0 Å². The summed E-state index contributed by atoms with van der Waals surface area (Å²) in [5.41, 5.74) is 8.69. The van der Waals surface area contributed by atoms with Gasteiger partial charge in [-0.2, -0.15) is 11.3 Å². The van der Waals surface area contributed by atoms with Crippen LogP contribution in [0.3, 0.4) is 0 Å². The molecular weight excluding hydrogens is 956 g/mol. The largest absolute Gasteiger partial charge is 0 e. The summed E-state index contributed by atoms with van der Waals surface area (Å²) in [6.07, 6.45) is 3.74. The van der Waals surface area contributed by atoms with Crippen LogP contribution in [0.4, 0.5) is 4.39 Å². The van der Waals surface area contributed by atoms with Gasteiger partial charge in [-0.15, -0.1) is 23.8 Å². The van der Waals surface area contributed by atoms with E-state index in [2.05, 4.69) is 75.8 Å². The number of halogens is 1. The summed E-state index contributed by atoms with van der Waals surface area (Å²) < 4.78 is 44.4. The van der Waals surface area contributed by atoms with Crippen molar-refractivity contribution >= 4 is 49.2 Å². The van der Waals surface area contributed by atoms with E-state index in [1.165, 1.54) is 16.5 Å². The predicted octanol–water partition coefficient (Wildman–Crippen LogP) is 14.2. The molecule has 0 saturated heterocycles. The van der Waals surface area contributed by atoms with Crippen LogP contribution in [0.1, 0.15) is 78.7 Å². The van der Waals surface area contributed by atoms with Crippen molar-refractivity contribution < 1.29 is 28.6 Å². The van der Waals surface area contributed by atoms with Gasteiger partial charge in [-0.3, -0.25) is 0 Å². The van der Waals surface area contributed by atoms with Gasteiger partial charge >= 0.3 is 99.8 Å². The first-order valence-corrected chi connectivity index (χ1v) is 27.2. The van der Waals surface area contributed by atoms with Gasteiger partial charge in [0.1, 0.15) is 5.82 Å². The third kappa shape index (κ3) is 9.39. The molecule has 0 saturated carbocycles.